The van der Waals surface area contributed by atoms with E-state index in [0.29, 0.717) is 24.5 Å². The van der Waals surface area contributed by atoms with Gasteiger partial charge in [0.2, 0.25) is 15.5 Å². The highest BCUT2D eigenvalue weighted by Crippen LogP contribution is 2.23. The van der Waals surface area contributed by atoms with Gasteiger partial charge in [0, 0.05) is 30.5 Å². The van der Waals surface area contributed by atoms with Crippen LogP contribution in [0.4, 0.5) is 5.69 Å². The lowest BCUT2D eigenvalue weighted by atomic mass is 10.2. The Labute approximate surface area is 186 Å². The fraction of sp³-hybridized carbons (Fsp3) is 0.261. The lowest BCUT2D eigenvalue weighted by Gasteiger charge is -2.26. The molecule has 0 aliphatic carbocycles. The molecule has 1 aromatic heterocycles. The molecule has 9 heteroatoms. The van der Waals surface area contributed by atoms with Crippen molar-refractivity contribution in [2.24, 2.45) is 0 Å². The van der Waals surface area contributed by atoms with E-state index in [9.17, 15) is 18.0 Å². The molecule has 32 heavy (non-hydrogen) atoms. The zero-order valence-corrected chi connectivity index (χ0v) is 18.5. The van der Waals surface area contributed by atoms with Gasteiger partial charge in [-0.15, -0.1) is 0 Å². The van der Waals surface area contributed by atoms with E-state index < -0.39 is 21.4 Å². The highest BCUT2D eigenvalue weighted by molar-refractivity contribution is 7.89. The lowest BCUT2D eigenvalue weighted by molar-refractivity contribution is 0.101. The average molecular weight is 453 g/mol. The number of carbonyl (C=O) groups is 1. The summed E-state index contributed by atoms with van der Waals surface area (Å²) in [6.07, 6.45) is 2.69. The summed E-state index contributed by atoms with van der Waals surface area (Å²) in [4.78, 5) is 25.4. The molecule has 2 heterocycles. The molecule has 1 fully saturated rings. The number of para-hydroxylation sites is 1. The van der Waals surface area contributed by atoms with Crippen LogP contribution in [0.3, 0.4) is 0 Å². The van der Waals surface area contributed by atoms with Crippen LogP contribution >= 0.6 is 0 Å². The van der Waals surface area contributed by atoms with Gasteiger partial charge in [0.15, 0.2) is 5.69 Å². The van der Waals surface area contributed by atoms with Gasteiger partial charge >= 0.3 is 0 Å². The highest BCUT2D eigenvalue weighted by Gasteiger charge is 2.26. The normalized spacial score (nSPS) is 14.8. The first kappa shape index (κ1) is 21.9. The van der Waals surface area contributed by atoms with Crippen LogP contribution in [-0.4, -0.2) is 41.5 Å². The van der Waals surface area contributed by atoms with Gasteiger partial charge in [-0.25, -0.2) is 13.1 Å². The number of aromatic nitrogens is 2. The number of benzene rings is 2. The summed E-state index contributed by atoms with van der Waals surface area (Å²) in [5, 5.41) is 6.86. The average Bonchev–Trinajstić information content (AvgIpc) is 2.80. The quantitative estimate of drug-likeness (QED) is 0.641. The molecule has 0 unspecified atom stereocenters. The van der Waals surface area contributed by atoms with Crippen molar-refractivity contribution in [3.05, 3.63) is 82.3 Å². The van der Waals surface area contributed by atoms with Crippen LogP contribution in [-0.2, 0) is 10.0 Å². The first-order valence-electron chi connectivity index (χ1n) is 10.4. The second kappa shape index (κ2) is 9.05. The molecule has 1 aliphatic rings. The second-order valence-corrected chi connectivity index (χ2v) is 9.63. The van der Waals surface area contributed by atoms with E-state index in [1.807, 2.05) is 30.3 Å². The molecular formula is C23H24N4O4S. The molecular weight excluding hydrogens is 428 g/mol. The van der Waals surface area contributed by atoms with Crippen LogP contribution in [0, 0.1) is 6.92 Å². The summed E-state index contributed by atoms with van der Waals surface area (Å²) in [5.41, 5.74) is 0.801. The lowest BCUT2D eigenvalue weighted by Crippen LogP contribution is -2.35. The van der Waals surface area contributed by atoms with Crippen molar-refractivity contribution in [1.29, 1.82) is 0 Å². The summed E-state index contributed by atoms with van der Waals surface area (Å²) in [5.74, 6) is -0.702. The number of carbonyl (C=O) groups excluding carboxylic acids is 1. The second-order valence-electron chi connectivity index (χ2n) is 7.69. The highest BCUT2D eigenvalue weighted by atomic mass is 32.2. The maximum absolute atomic E-state index is 12.9. The van der Waals surface area contributed by atoms with Crippen molar-refractivity contribution in [1.82, 2.24) is 14.1 Å². The predicted octanol–water partition coefficient (Wildman–Crippen LogP) is 2.97. The monoisotopic (exact) mass is 452 g/mol. The minimum absolute atomic E-state index is 0.107. The standard InChI is InChI=1S/C23H24N4O4S/c1-17-15-21(28)22(25-27(17)19-10-4-2-5-11-19)23(29)24-18-9-8-12-20(16-18)32(30,31)26-13-6-3-7-14-26/h2,4-5,8-12,15-16H,3,6-7,13-14H2,1H3,(H,24,29). The smallest absolute Gasteiger partial charge is 0.280 e. The van der Waals surface area contributed by atoms with Gasteiger partial charge in [0.25, 0.3) is 5.91 Å². The number of rotatable bonds is 5. The summed E-state index contributed by atoms with van der Waals surface area (Å²) < 4.78 is 28.9. The fourth-order valence-electron chi connectivity index (χ4n) is 3.71. The Morgan fingerprint density at radius 3 is 2.41 bits per heavy atom. The maximum atomic E-state index is 12.9. The van der Waals surface area contributed by atoms with E-state index in [1.165, 1.54) is 27.2 Å². The molecule has 1 aliphatic heterocycles. The van der Waals surface area contributed by atoms with Crippen molar-refractivity contribution >= 4 is 21.6 Å². The number of hydrogen-bond donors (Lipinski definition) is 1. The Morgan fingerprint density at radius 2 is 1.69 bits per heavy atom. The summed E-state index contributed by atoms with van der Waals surface area (Å²) >= 11 is 0. The zero-order chi connectivity index (χ0) is 22.7. The molecule has 0 saturated carbocycles. The van der Waals surface area contributed by atoms with Crippen LogP contribution in [0.1, 0.15) is 35.4 Å². The van der Waals surface area contributed by atoms with Crippen LogP contribution in [0.25, 0.3) is 5.69 Å². The molecule has 4 rings (SSSR count). The van der Waals surface area contributed by atoms with Gasteiger partial charge in [-0.2, -0.15) is 9.40 Å². The van der Waals surface area contributed by atoms with Gasteiger partial charge in [-0.1, -0.05) is 30.7 Å². The molecule has 1 saturated heterocycles. The SMILES string of the molecule is Cc1cc(=O)c(C(=O)Nc2cccc(S(=O)(=O)N3CCCCC3)c2)nn1-c1ccccc1. The number of hydrogen-bond acceptors (Lipinski definition) is 5. The number of nitrogens with one attached hydrogen (secondary N) is 1. The van der Waals surface area contributed by atoms with E-state index in [-0.39, 0.29) is 16.3 Å². The van der Waals surface area contributed by atoms with E-state index in [1.54, 1.807) is 19.1 Å². The van der Waals surface area contributed by atoms with Crippen molar-refractivity contribution in [3.63, 3.8) is 0 Å². The Hall–Kier alpha value is -3.30. The number of amides is 1. The van der Waals surface area contributed by atoms with Crippen molar-refractivity contribution in [3.8, 4) is 5.69 Å². The van der Waals surface area contributed by atoms with E-state index in [0.717, 1.165) is 19.3 Å². The topological polar surface area (TPSA) is 101 Å². The first-order chi connectivity index (χ1) is 15.4. The van der Waals surface area contributed by atoms with Crippen LogP contribution in [0.15, 0.2) is 70.4 Å². The third-order valence-corrected chi connectivity index (χ3v) is 7.26. The van der Waals surface area contributed by atoms with Crippen LogP contribution in [0.2, 0.25) is 0 Å². The Bertz CT molecular complexity index is 1300. The van der Waals surface area contributed by atoms with Gasteiger partial charge in [0.05, 0.1) is 10.6 Å². The van der Waals surface area contributed by atoms with Gasteiger partial charge in [-0.05, 0) is 50.1 Å². The molecule has 0 radical (unpaired) electrons. The molecule has 1 N–H and O–H groups in total. The minimum atomic E-state index is -3.64. The molecule has 2 aromatic carbocycles. The van der Waals surface area contributed by atoms with Crippen LogP contribution in [0.5, 0.6) is 0 Å². The fourth-order valence-corrected chi connectivity index (χ4v) is 5.28. The number of piperidine rings is 1. The summed E-state index contributed by atoms with van der Waals surface area (Å²) in [6.45, 7) is 2.72. The summed E-state index contributed by atoms with van der Waals surface area (Å²) in [6, 6.07) is 16.6. The maximum Gasteiger partial charge on any atom is 0.280 e. The molecule has 166 valence electrons. The molecule has 0 atom stereocenters. The largest absolute Gasteiger partial charge is 0.320 e. The third kappa shape index (κ3) is 4.49. The first-order valence-corrected chi connectivity index (χ1v) is 11.9. The minimum Gasteiger partial charge on any atom is -0.320 e. The van der Waals surface area contributed by atoms with E-state index >= 15 is 0 Å². The molecule has 0 bridgehead atoms. The van der Waals surface area contributed by atoms with E-state index in [2.05, 4.69) is 10.4 Å². The summed E-state index contributed by atoms with van der Waals surface area (Å²) in [7, 11) is -3.64. The Balaban J connectivity index is 1.61. The Kier molecular flexibility index (Phi) is 6.20. The van der Waals surface area contributed by atoms with Crippen molar-refractivity contribution in [2.45, 2.75) is 31.1 Å². The predicted molar refractivity (Wildman–Crippen MR) is 122 cm³/mol. The molecule has 8 nitrogen and oxygen atoms in total. The molecule has 1 amide bonds. The van der Waals surface area contributed by atoms with Gasteiger partial charge in [-0.3, -0.25) is 9.59 Å². The van der Waals surface area contributed by atoms with Gasteiger partial charge in [0.1, 0.15) is 0 Å². The third-order valence-electron chi connectivity index (χ3n) is 5.37. The number of nitrogens with zero attached hydrogens (tertiary/aromatic N) is 3. The number of anilines is 1. The molecule has 3 aromatic rings. The van der Waals surface area contributed by atoms with Gasteiger partial charge < -0.3 is 5.32 Å². The Morgan fingerprint density at radius 1 is 0.969 bits per heavy atom. The van der Waals surface area contributed by atoms with Crippen molar-refractivity contribution < 1.29 is 13.2 Å². The van der Waals surface area contributed by atoms with E-state index in [4.69, 9.17) is 0 Å². The number of aryl methyl sites for hydroxylation is 1. The van der Waals surface area contributed by atoms with Crippen molar-refractivity contribution in [2.75, 3.05) is 18.4 Å². The number of sulfonamides is 1. The molecule has 0 spiro atoms. The van der Waals surface area contributed by atoms with Crippen LogP contribution < -0.4 is 10.7 Å². The zero-order valence-electron chi connectivity index (χ0n) is 17.7.